The fourth-order valence-electron chi connectivity index (χ4n) is 2.28. The second-order valence-corrected chi connectivity index (χ2v) is 4.59. The maximum Gasteiger partial charge on any atom is 0.140 e. The van der Waals surface area contributed by atoms with E-state index in [1.807, 2.05) is 12.1 Å². The molecule has 1 saturated heterocycles. The first-order valence-electron chi connectivity index (χ1n) is 6.05. The van der Waals surface area contributed by atoms with Crippen molar-refractivity contribution in [2.24, 2.45) is 5.92 Å². The Morgan fingerprint density at radius 1 is 1.31 bits per heavy atom. The molecular weight excluding hydrogens is 197 g/mol. The molecule has 1 aromatic carbocycles. The zero-order chi connectivity index (χ0) is 11.4. The van der Waals surface area contributed by atoms with E-state index in [-0.39, 0.29) is 5.92 Å². The lowest BCUT2D eigenvalue weighted by atomic mass is 9.84. The summed E-state index contributed by atoms with van der Waals surface area (Å²) in [7, 11) is 2.07. The maximum atomic E-state index is 12.1. The number of benzene rings is 1. The van der Waals surface area contributed by atoms with Gasteiger partial charge in [0.1, 0.15) is 13.6 Å². The maximum absolute atomic E-state index is 12.1. The lowest BCUT2D eigenvalue weighted by Crippen LogP contribution is -2.33. The first-order valence-corrected chi connectivity index (χ1v) is 6.05. The molecule has 0 unspecified atom stereocenters. The highest BCUT2D eigenvalue weighted by molar-refractivity contribution is 6.33. The van der Waals surface area contributed by atoms with Crippen LogP contribution in [0, 0.1) is 5.92 Å². The quantitative estimate of drug-likeness (QED) is 0.722. The summed E-state index contributed by atoms with van der Waals surface area (Å²) < 4.78 is 0. The predicted octanol–water partition coefficient (Wildman–Crippen LogP) is 0.0562. The molecule has 1 N–H and O–H groups in total. The SMILES string of the molecule is Bc1ccccc1CC(=O)C1CCNCC1. The largest absolute Gasteiger partial charge is 0.317 e. The van der Waals surface area contributed by atoms with Crippen LogP contribution in [0.1, 0.15) is 18.4 Å². The van der Waals surface area contributed by atoms with Crippen LogP contribution >= 0.6 is 0 Å². The minimum atomic E-state index is 0.279. The number of piperidine rings is 1. The molecule has 0 spiro atoms. The van der Waals surface area contributed by atoms with E-state index < -0.39 is 0 Å². The van der Waals surface area contributed by atoms with Crippen LogP contribution in [0.15, 0.2) is 24.3 Å². The fraction of sp³-hybridized carbons (Fsp3) is 0.462. The van der Waals surface area contributed by atoms with Crippen LogP contribution < -0.4 is 10.8 Å². The van der Waals surface area contributed by atoms with Crippen molar-refractivity contribution in [1.82, 2.24) is 5.32 Å². The van der Waals surface area contributed by atoms with Gasteiger partial charge in [0.05, 0.1) is 0 Å². The second kappa shape index (κ2) is 5.31. The van der Waals surface area contributed by atoms with Crippen molar-refractivity contribution < 1.29 is 4.79 Å². The summed E-state index contributed by atoms with van der Waals surface area (Å²) in [5.74, 6) is 0.691. The van der Waals surface area contributed by atoms with Crippen molar-refractivity contribution in [3.8, 4) is 0 Å². The molecule has 1 aliphatic heterocycles. The van der Waals surface area contributed by atoms with Gasteiger partial charge in [0, 0.05) is 12.3 Å². The summed E-state index contributed by atoms with van der Waals surface area (Å²) >= 11 is 0. The van der Waals surface area contributed by atoms with E-state index in [9.17, 15) is 4.79 Å². The molecule has 2 nitrogen and oxygen atoms in total. The second-order valence-electron chi connectivity index (χ2n) is 4.59. The van der Waals surface area contributed by atoms with E-state index in [0.717, 1.165) is 25.9 Å². The number of nitrogens with one attached hydrogen (secondary N) is 1. The monoisotopic (exact) mass is 215 g/mol. The lowest BCUT2D eigenvalue weighted by Gasteiger charge is -2.21. The number of carbonyl (C=O) groups excluding carboxylic acids is 1. The van der Waals surface area contributed by atoms with Gasteiger partial charge in [-0.05, 0) is 31.5 Å². The topological polar surface area (TPSA) is 29.1 Å². The van der Waals surface area contributed by atoms with Gasteiger partial charge in [0.2, 0.25) is 0 Å². The number of hydrogen-bond acceptors (Lipinski definition) is 2. The first-order chi connectivity index (χ1) is 7.77. The molecule has 0 atom stereocenters. The van der Waals surface area contributed by atoms with Gasteiger partial charge in [0.25, 0.3) is 0 Å². The van der Waals surface area contributed by atoms with Gasteiger partial charge in [-0.2, -0.15) is 0 Å². The van der Waals surface area contributed by atoms with Crippen LogP contribution in [-0.4, -0.2) is 26.7 Å². The summed E-state index contributed by atoms with van der Waals surface area (Å²) in [6, 6.07) is 8.17. The molecule has 84 valence electrons. The Kier molecular flexibility index (Phi) is 3.78. The van der Waals surface area contributed by atoms with Gasteiger partial charge in [-0.3, -0.25) is 4.79 Å². The Morgan fingerprint density at radius 3 is 2.69 bits per heavy atom. The highest BCUT2D eigenvalue weighted by Gasteiger charge is 2.20. The van der Waals surface area contributed by atoms with Gasteiger partial charge in [0.15, 0.2) is 0 Å². The van der Waals surface area contributed by atoms with Crippen LogP contribution in [0.2, 0.25) is 0 Å². The normalized spacial score (nSPS) is 17.2. The third kappa shape index (κ3) is 2.73. The number of hydrogen-bond donors (Lipinski definition) is 1. The first kappa shape index (κ1) is 11.4. The zero-order valence-electron chi connectivity index (χ0n) is 9.83. The van der Waals surface area contributed by atoms with E-state index >= 15 is 0 Å². The van der Waals surface area contributed by atoms with E-state index in [1.54, 1.807) is 0 Å². The molecule has 0 aromatic heterocycles. The summed E-state index contributed by atoms with van der Waals surface area (Å²) in [6.45, 7) is 1.98. The van der Waals surface area contributed by atoms with E-state index in [0.29, 0.717) is 12.2 Å². The highest BCUT2D eigenvalue weighted by Crippen LogP contribution is 2.15. The molecule has 1 heterocycles. The third-order valence-electron chi connectivity index (χ3n) is 3.42. The summed E-state index contributed by atoms with van der Waals surface area (Å²) in [5, 5.41) is 3.29. The van der Waals surface area contributed by atoms with Crippen LogP contribution in [0.4, 0.5) is 0 Å². The number of carbonyl (C=O) groups is 1. The Balaban J connectivity index is 1.99. The summed E-state index contributed by atoms with van der Waals surface area (Å²) in [6.07, 6.45) is 2.62. The van der Waals surface area contributed by atoms with E-state index in [2.05, 4.69) is 25.3 Å². The van der Waals surface area contributed by atoms with Gasteiger partial charge in [-0.25, -0.2) is 0 Å². The summed E-state index contributed by atoms with van der Waals surface area (Å²) in [5.41, 5.74) is 2.41. The number of ketones is 1. The average Bonchev–Trinajstić information content (AvgIpc) is 2.33. The zero-order valence-corrected chi connectivity index (χ0v) is 9.83. The van der Waals surface area contributed by atoms with Crippen molar-refractivity contribution in [2.75, 3.05) is 13.1 Å². The van der Waals surface area contributed by atoms with Crippen LogP contribution in [-0.2, 0) is 11.2 Å². The standard InChI is InChI=1S/C13H18BNO/c14-12-4-2-1-3-11(12)9-13(16)10-5-7-15-8-6-10/h1-4,10,15H,5-9,14H2. The van der Waals surface area contributed by atoms with Crippen LogP contribution in [0.5, 0.6) is 0 Å². The molecule has 0 aliphatic carbocycles. The molecular formula is C13H18BNO. The Hall–Kier alpha value is -1.09. The molecule has 0 saturated carbocycles. The minimum Gasteiger partial charge on any atom is -0.317 e. The summed E-state index contributed by atoms with van der Waals surface area (Å²) in [4.78, 5) is 12.1. The molecule has 1 aliphatic rings. The van der Waals surface area contributed by atoms with Crippen molar-refractivity contribution in [3.63, 3.8) is 0 Å². The predicted molar refractivity (Wildman–Crippen MR) is 68.9 cm³/mol. The van der Waals surface area contributed by atoms with Crippen molar-refractivity contribution in [1.29, 1.82) is 0 Å². The van der Waals surface area contributed by atoms with Gasteiger partial charge in [-0.1, -0.05) is 29.7 Å². The molecule has 1 fully saturated rings. The molecule has 2 rings (SSSR count). The highest BCUT2D eigenvalue weighted by atomic mass is 16.1. The van der Waals surface area contributed by atoms with Crippen molar-refractivity contribution >= 4 is 19.1 Å². The molecule has 0 amide bonds. The van der Waals surface area contributed by atoms with Crippen molar-refractivity contribution in [3.05, 3.63) is 29.8 Å². The van der Waals surface area contributed by atoms with Crippen LogP contribution in [0.25, 0.3) is 0 Å². The van der Waals surface area contributed by atoms with Gasteiger partial charge >= 0.3 is 0 Å². The van der Waals surface area contributed by atoms with Gasteiger partial charge in [-0.15, -0.1) is 0 Å². The molecule has 1 aromatic rings. The minimum absolute atomic E-state index is 0.279. The van der Waals surface area contributed by atoms with Crippen LogP contribution in [0.3, 0.4) is 0 Å². The Morgan fingerprint density at radius 2 is 2.00 bits per heavy atom. The Labute approximate surface area is 97.8 Å². The Bertz CT molecular complexity index is 372. The number of Topliss-reactive ketones (excluding diaryl/α,β-unsaturated/α-hetero) is 1. The average molecular weight is 215 g/mol. The fourth-order valence-corrected chi connectivity index (χ4v) is 2.28. The van der Waals surface area contributed by atoms with E-state index in [1.165, 1.54) is 11.0 Å². The number of rotatable bonds is 3. The molecule has 0 radical (unpaired) electrons. The molecule has 16 heavy (non-hydrogen) atoms. The van der Waals surface area contributed by atoms with Gasteiger partial charge < -0.3 is 5.32 Å². The third-order valence-corrected chi connectivity index (χ3v) is 3.42. The molecule has 0 bridgehead atoms. The smallest absolute Gasteiger partial charge is 0.140 e. The molecule has 3 heteroatoms. The van der Waals surface area contributed by atoms with E-state index in [4.69, 9.17) is 0 Å². The van der Waals surface area contributed by atoms with Crippen molar-refractivity contribution in [2.45, 2.75) is 19.3 Å². The lowest BCUT2D eigenvalue weighted by molar-refractivity contribution is -0.122.